The lowest BCUT2D eigenvalue weighted by Gasteiger charge is -2.02. The van der Waals surface area contributed by atoms with Gasteiger partial charge in [0, 0.05) is 5.75 Å². The molecule has 21 heavy (non-hydrogen) atoms. The number of rotatable bonds is 6. The normalized spacial score (nSPS) is 11.6. The van der Waals surface area contributed by atoms with E-state index < -0.39 is 16.1 Å². The monoisotopic (exact) mass is 334 g/mol. The van der Waals surface area contributed by atoms with Gasteiger partial charge in [-0.1, -0.05) is 17.8 Å². The average molecular weight is 334 g/mol. The lowest BCUT2D eigenvalue weighted by molar-refractivity contribution is 0.418. The molecule has 1 aromatic carbocycles. The topological polar surface area (TPSA) is 72.2 Å². The SMILES string of the molecule is CS(=O)(=O)Nc1cccc2oc(SCCC=C(F)F)nc12. The number of hydrogen-bond donors (Lipinski definition) is 1. The Hall–Kier alpha value is -1.61. The number of hydrogen-bond acceptors (Lipinski definition) is 5. The third kappa shape index (κ3) is 4.71. The van der Waals surface area contributed by atoms with Gasteiger partial charge in [0.1, 0.15) is 5.52 Å². The zero-order valence-corrected chi connectivity index (χ0v) is 12.6. The van der Waals surface area contributed by atoms with Crippen molar-refractivity contribution in [3.63, 3.8) is 0 Å². The summed E-state index contributed by atoms with van der Waals surface area (Å²) in [5.41, 5.74) is 1.14. The first-order valence-electron chi connectivity index (χ1n) is 5.86. The minimum absolute atomic E-state index is 0.195. The first-order chi connectivity index (χ1) is 9.85. The molecule has 0 saturated heterocycles. The predicted octanol–water partition coefficient (Wildman–Crippen LogP) is 3.46. The number of thioether (sulfide) groups is 1. The van der Waals surface area contributed by atoms with Crippen molar-refractivity contribution in [1.29, 1.82) is 0 Å². The highest BCUT2D eigenvalue weighted by atomic mass is 32.2. The van der Waals surface area contributed by atoms with Gasteiger partial charge in [0.25, 0.3) is 11.3 Å². The average Bonchev–Trinajstić information content (AvgIpc) is 2.76. The number of allylic oxidation sites excluding steroid dienone is 1. The maximum atomic E-state index is 11.9. The van der Waals surface area contributed by atoms with Gasteiger partial charge >= 0.3 is 0 Å². The molecule has 1 aromatic heterocycles. The Balaban J connectivity index is 2.17. The van der Waals surface area contributed by atoms with Crippen LogP contribution in [0.15, 0.2) is 40.0 Å². The first kappa shape index (κ1) is 15.8. The van der Waals surface area contributed by atoms with Crippen molar-refractivity contribution in [3.05, 3.63) is 30.4 Å². The molecule has 0 atom stereocenters. The van der Waals surface area contributed by atoms with Crippen LogP contribution in [0.1, 0.15) is 6.42 Å². The van der Waals surface area contributed by atoms with Crippen molar-refractivity contribution < 1.29 is 21.6 Å². The van der Waals surface area contributed by atoms with Crippen LogP contribution in [0.25, 0.3) is 11.1 Å². The van der Waals surface area contributed by atoms with E-state index in [2.05, 4.69) is 9.71 Å². The molecule has 5 nitrogen and oxygen atoms in total. The molecule has 0 amide bonds. The molecule has 1 N–H and O–H groups in total. The molecule has 0 saturated carbocycles. The Labute approximate surface area is 124 Å². The molecule has 0 bridgehead atoms. The number of benzene rings is 1. The van der Waals surface area contributed by atoms with Gasteiger partial charge in [0.2, 0.25) is 10.0 Å². The Morgan fingerprint density at radius 2 is 2.24 bits per heavy atom. The fraction of sp³-hybridized carbons (Fsp3) is 0.250. The second-order valence-corrected chi connectivity index (χ2v) is 6.93. The van der Waals surface area contributed by atoms with E-state index in [0.717, 1.165) is 12.3 Å². The number of para-hydroxylation sites is 1. The van der Waals surface area contributed by atoms with Gasteiger partial charge in [-0.05, 0) is 24.6 Å². The van der Waals surface area contributed by atoms with Crippen LogP contribution in [0.4, 0.5) is 14.5 Å². The summed E-state index contributed by atoms with van der Waals surface area (Å²) < 4.78 is 54.1. The molecule has 0 aliphatic carbocycles. The Morgan fingerprint density at radius 3 is 2.90 bits per heavy atom. The van der Waals surface area contributed by atoms with Crippen LogP contribution < -0.4 is 4.72 Å². The molecule has 0 radical (unpaired) electrons. The molecule has 9 heteroatoms. The molecule has 2 aromatic rings. The Morgan fingerprint density at radius 1 is 1.48 bits per heavy atom. The van der Waals surface area contributed by atoms with E-state index in [1.165, 1.54) is 11.8 Å². The third-order valence-corrected chi connectivity index (χ3v) is 3.79. The number of anilines is 1. The summed E-state index contributed by atoms with van der Waals surface area (Å²) in [4.78, 5) is 4.17. The highest BCUT2D eigenvalue weighted by Crippen LogP contribution is 2.29. The largest absolute Gasteiger partial charge is 0.431 e. The summed E-state index contributed by atoms with van der Waals surface area (Å²) in [6, 6.07) is 4.86. The zero-order valence-electron chi connectivity index (χ0n) is 11.0. The lowest BCUT2D eigenvalue weighted by Crippen LogP contribution is -2.09. The Bertz CT molecular complexity index is 768. The number of oxazole rings is 1. The van der Waals surface area contributed by atoms with Gasteiger partial charge in [0.05, 0.1) is 11.9 Å². The van der Waals surface area contributed by atoms with Gasteiger partial charge in [0.15, 0.2) is 5.58 Å². The standard InChI is InChI=1S/C12H12F2N2O3S2/c1-21(17,18)16-8-4-2-5-9-11(8)15-12(19-9)20-7-3-6-10(13)14/h2,4-6,16H,3,7H2,1H3. The van der Waals surface area contributed by atoms with E-state index in [1.54, 1.807) is 18.2 Å². The fourth-order valence-electron chi connectivity index (χ4n) is 1.59. The maximum absolute atomic E-state index is 11.9. The van der Waals surface area contributed by atoms with E-state index in [0.29, 0.717) is 27.8 Å². The summed E-state index contributed by atoms with van der Waals surface area (Å²) in [6.45, 7) is 0. The minimum atomic E-state index is -3.42. The quantitative estimate of drug-likeness (QED) is 0.647. The summed E-state index contributed by atoms with van der Waals surface area (Å²) in [5.74, 6) is 0.388. The van der Waals surface area contributed by atoms with Gasteiger partial charge in [-0.3, -0.25) is 4.72 Å². The molecule has 1 heterocycles. The molecule has 0 aliphatic rings. The Kier molecular flexibility index (Phi) is 4.84. The number of fused-ring (bicyclic) bond motifs is 1. The third-order valence-electron chi connectivity index (χ3n) is 2.34. The summed E-state index contributed by atoms with van der Waals surface area (Å²) in [7, 11) is -3.42. The van der Waals surface area contributed by atoms with Gasteiger partial charge in [-0.2, -0.15) is 8.78 Å². The molecule has 0 unspecified atom stereocenters. The van der Waals surface area contributed by atoms with Gasteiger partial charge in [-0.25, -0.2) is 13.4 Å². The fourth-order valence-corrected chi connectivity index (χ4v) is 2.87. The summed E-state index contributed by atoms with van der Waals surface area (Å²) in [5, 5.41) is 0.306. The first-order valence-corrected chi connectivity index (χ1v) is 8.74. The molecule has 0 fully saturated rings. The van der Waals surface area contributed by atoms with Crippen molar-refractivity contribution in [2.24, 2.45) is 0 Å². The maximum Gasteiger partial charge on any atom is 0.266 e. The van der Waals surface area contributed by atoms with E-state index in [4.69, 9.17) is 4.42 Å². The second-order valence-electron chi connectivity index (χ2n) is 4.14. The molecular weight excluding hydrogens is 322 g/mol. The number of nitrogens with one attached hydrogen (secondary N) is 1. The highest BCUT2D eigenvalue weighted by molar-refractivity contribution is 7.99. The number of nitrogens with zero attached hydrogens (tertiary/aromatic N) is 1. The number of sulfonamides is 1. The molecular formula is C12H12F2N2O3S2. The molecule has 0 aliphatic heterocycles. The van der Waals surface area contributed by atoms with Crippen LogP contribution in [0.2, 0.25) is 0 Å². The van der Waals surface area contributed by atoms with Crippen molar-refractivity contribution in [2.45, 2.75) is 11.6 Å². The zero-order chi connectivity index (χ0) is 15.5. The molecule has 0 spiro atoms. The van der Waals surface area contributed by atoms with Crippen molar-refractivity contribution in [2.75, 3.05) is 16.7 Å². The second kappa shape index (κ2) is 6.44. The van der Waals surface area contributed by atoms with E-state index in [9.17, 15) is 17.2 Å². The van der Waals surface area contributed by atoms with Crippen LogP contribution in [0.3, 0.4) is 0 Å². The number of aromatic nitrogens is 1. The van der Waals surface area contributed by atoms with E-state index in [1.807, 2.05) is 0 Å². The van der Waals surface area contributed by atoms with Crippen LogP contribution in [0.5, 0.6) is 0 Å². The highest BCUT2D eigenvalue weighted by Gasteiger charge is 2.12. The van der Waals surface area contributed by atoms with Crippen LogP contribution in [-0.2, 0) is 10.0 Å². The lowest BCUT2D eigenvalue weighted by atomic mass is 10.3. The van der Waals surface area contributed by atoms with Gasteiger partial charge < -0.3 is 4.42 Å². The van der Waals surface area contributed by atoms with Crippen LogP contribution >= 0.6 is 11.8 Å². The minimum Gasteiger partial charge on any atom is -0.431 e. The number of halogens is 2. The van der Waals surface area contributed by atoms with E-state index in [-0.39, 0.29) is 6.42 Å². The molecule has 2 rings (SSSR count). The van der Waals surface area contributed by atoms with Crippen LogP contribution in [-0.4, -0.2) is 25.4 Å². The summed E-state index contributed by atoms with van der Waals surface area (Å²) in [6.07, 6.45) is 0.346. The molecule has 114 valence electrons. The smallest absolute Gasteiger partial charge is 0.266 e. The van der Waals surface area contributed by atoms with Crippen molar-refractivity contribution >= 4 is 38.6 Å². The van der Waals surface area contributed by atoms with E-state index >= 15 is 0 Å². The van der Waals surface area contributed by atoms with Gasteiger partial charge in [-0.15, -0.1) is 0 Å². The van der Waals surface area contributed by atoms with Crippen molar-refractivity contribution in [3.8, 4) is 0 Å². The predicted molar refractivity (Wildman–Crippen MR) is 78.1 cm³/mol. The van der Waals surface area contributed by atoms with Crippen molar-refractivity contribution in [1.82, 2.24) is 4.98 Å². The van der Waals surface area contributed by atoms with Crippen LogP contribution in [0, 0.1) is 0 Å². The summed E-state index contributed by atoms with van der Waals surface area (Å²) >= 11 is 1.18.